The predicted octanol–water partition coefficient (Wildman–Crippen LogP) is 3.71. The van der Waals surface area contributed by atoms with Crippen molar-refractivity contribution in [3.05, 3.63) is 29.8 Å². The van der Waals surface area contributed by atoms with Crippen molar-refractivity contribution in [2.45, 2.75) is 51.2 Å². The quantitative estimate of drug-likeness (QED) is 0.907. The van der Waals surface area contributed by atoms with E-state index in [1.165, 1.54) is 25.7 Å². The average Bonchev–Trinajstić information content (AvgIpc) is 2.99. The lowest BCUT2D eigenvalue weighted by molar-refractivity contribution is -0.114. The van der Waals surface area contributed by atoms with Crippen LogP contribution in [0.3, 0.4) is 0 Å². The first-order valence-corrected chi connectivity index (χ1v) is 7.67. The molecule has 0 bridgehead atoms. The first-order chi connectivity index (χ1) is 9.78. The number of nitriles is 1. The number of hydrogen-bond acceptors (Lipinski definition) is 3. The van der Waals surface area contributed by atoms with Gasteiger partial charge < -0.3 is 10.1 Å². The standard InChI is InChI=1S/C17H22N2O/c1-2-20-16-11-15(17(16)9-3-4-10-17)19-14-7-5-13(12-18)6-8-14/h5-8,15-16,19H,2-4,9-11H2,1H3. The molecule has 0 saturated heterocycles. The smallest absolute Gasteiger partial charge is 0.0991 e. The molecule has 1 aromatic carbocycles. The summed E-state index contributed by atoms with van der Waals surface area (Å²) in [6.07, 6.45) is 6.76. The first kappa shape index (κ1) is 13.5. The summed E-state index contributed by atoms with van der Waals surface area (Å²) in [5.74, 6) is 0. The molecule has 0 aromatic heterocycles. The van der Waals surface area contributed by atoms with E-state index in [0.29, 0.717) is 23.1 Å². The average molecular weight is 270 g/mol. The number of benzene rings is 1. The van der Waals surface area contributed by atoms with Gasteiger partial charge in [-0.1, -0.05) is 12.8 Å². The highest BCUT2D eigenvalue weighted by Crippen LogP contribution is 2.55. The maximum atomic E-state index is 8.84. The highest BCUT2D eigenvalue weighted by atomic mass is 16.5. The molecule has 3 heteroatoms. The molecule has 0 heterocycles. The second-order valence-corrected chi connectivity index (χ2v) is 6.01. The van der Waals surface area contributed by atoms with E-state index in [2.05, 4.69) is 18.3 Å². The third-order valence-electron chi connectivity index (χ3n) is 5.04. The van der Waals surface area contributed by atoms with Crippen LogP contribution in [0.1, 0.15) is 44.6 Å². The lowest BCUT2D eigenvalue weighted by atomic mass is 9.60. The van der Waals surface area contributed by atoms with Gasteiger partial charge in [0.1, 0.15) is 0 Å². The molecule has 2 unspecified atom stereocenters. The minimum atomic E-state index is 0.351. The van der Waals surface area contributed by atoms with Gasteiger partial charge in [0.15, 0.2) is 0 Å². The zero-order valence-electron chi connectivity index (χ0n) is 12.1. The summed E-state index contributed by atoms with van der Waals surface area (Å²) in [6.45, 7) is 2.90. The highest BCUT2D eigenvalue weighted by Gasteiger charge is 2.56. The number of ether oxygens (including phenoxy) is 1. The molecule has 2 fully saturated rings. The Balaban J connectivity index is 1.69. The molecule has 2 aliphatic rings. The largest absolute Gasteiger partial charge is 0.382 e. The van der Waals surface area contributed by atoms with E-state index < -0.39 is 0 Å². The van der Waals surface area contributed by atoms with Crippen LogP contribution in [-0.4, -0.2) is 18.8 Å². The molecular weight excluding hydrogens is 248 g/mol. The Morgan fingerprint density at radius 2 is 2.00 bits per heavy atom. The van der Waals surface area contributed by atoms with Crippen molar-refractivity contribution in [3.63, 3.8) is 0 Å². The Kier molecular flexibility index (Phi) is 3.67. The number of nitrogens with zero attached hydrogens (tertiary/aromatic N) is 1. The molecule has 106 valence electrons. The van der Waals surface area contributed by atoms with Crippen molar-refractivity contribution in [3.8, 4) is 6.07 Å². The van der Waals surface area contributed by atoms with Crippen molar-refractivity contribution in [2.75, 3.05) is 11.9 Å². The minimum Gasteiger partial charge on any atom is -0.382 e. The molecule has 1 spiro atoms. The maximum absolute atomic E-state index is 8.84. The van der Waals surface area contributed by atoms with E-state index in [1.54, 1.807) is 0 Å². The lowest BCUT2D eigenvalue weighted by Crippen LogP contribution is -2.60. The molecule has 0 amide bonds. The molecule has 2 aliphatic carbocycles. The van der Waals surface area contributed by atoms with Crippen LogP contribution < -0.4 is 5.32 Å². The van der Waals surface area contributed by atoms with Crippen molar-refractivity contribution in [2.24, 2.45) is 5.41 Å². The summed E-state index contributed by atoms with van der Waals surface area (Å²) in [4.78, 5) is 0. The second-order valence-electron chi connectivity index (χ2n) is 6.01. The Morgan fingerprint density at radius 1 is 1.30 bits per heavy atom. The fraction of sp³-hybridized carbons (Fsp3) is 0.588. The van der Waals surface area contributed by atoms with Gasteiger partial charge in [-0.2, -0.15) is 5.26 Å². The van der Waals surface area contributed by atoms with Gasteiger partial charge in [0, 0.05) is 23.8 Å². The van der Waals surface area contributed by atoms with Crippen LogP contribution in [0, 0.1) is 16.7 Å². The van der Waals surface area contributed by atoms with Gasteiger partial charge in [-0.05, 0) is 50.5 Å². The van der Waals surface area contributed by atoms with Crippen molar-refractivity contribution >= 4 is 5.69 Å². The van der Waals surface area contributed by atoms with E-state index in [4.69, 9.17) is 10.00 Å². The van der Waals surface area contributed by atoms with Gasteiger partial charge >= 0.3 is 0 Å². The molecule has 3 rings (SSSR count). The SMILES string of the molecule is CCOC1CC(Nc2ccc(C#N)cc2)C12CCCC2. The normalized spacial score (nSPS) is 27.0. The summed E-state index contributed by atoms with van der Waals surface area (Å²) in [5, 5.41) is 12.5. The molecule has 3 nitrogen and oxygen atoms in total. The maximum Gasteiger partial charge on any atom is 0.0991 e. The topological polar surface area (TPSA) is 45.0 Å². The molecule has 0 aliphatic heterocycles. The zero-order valence-corrected chi connectivity index (χ0v) is 12.1. The van der Waals surface area contributed by atoms with Crippen LogP contribution in [-0.2, 0) is 4.74 Å². The van der Waals surface area contributed by atoms with Crippen LogP contribution in [0.15, 0.2) is 24.3 Å². The van der Waals surface area contributed by atoms with Gasteiger partial charge in [-0.3, -0.25) is 0 Å². The molecule has 1 N–H and O–H groups in total. The number of hydrogen-bond donors (Lipinski definition) is 1. The number of nitrogens with one attached hydrogen (secondary N) is 1. The van der Waals surface area contributed by atoms with Crippen LogP contribution >= 0.6 is 0 Å². The summed E-state index contributed by atoms with van der Waals surface area (Å²) >= 11 is 0. The third-order valence-corrected chi connectivity index (χ3v) is 5.04. The van der Waals surface area contributed by atoms with Crippen molar-refractivity contribution in [1.29, 1.82) is 5.26 Å². The zero-order chi connectivity index (χ0) is 14.0. The molecule has 2 saturated carbocycles. The van der Waals surface area contributed by atoms with Gasteiger partial charge in [0.05, 0.1) is 17.7 Å². The Hall–Kier alpha value is -1.53. The molecule has 20 heavy (non-hydrogen) atoms. The van der Waals surface area contributed by atoms with E-state index in [0.717, 1.165) is 18.7 Å². The van der Waals surface area contributed by atoms with Gasteiger partial charge in [-0.15, -0.1) is 0 Å². The highest BCUT2D eigenvalue weighted by molar-refractivity contribution is 5.49. The second kappa shape index (κ2) is 5.46. The monoisotopic (exact) mass is 270 g/mol. The Labute approximate surface area is 120 Å². The van der Waals surface area contributed by atoms with Crippen molar-refractivity contribution in [1.82, 2.24) is 0 Å². The van der Waals surface area contributed by atoms with Gasteiger partial charge in [0.2, 0.25) is 0 Å². The van der Waals surface area contributed by atoms with E-state index >= 15 is 0 Å². The van der Waals surface area contributed by atoms with Crippen LogP contribution in [0.2, 0.25) is 0 Å². The van der Waals surface area contributed by atoms with Crippen LogP contribution in [0.5, 0.6) is 0 Å². The third kappa shape index (κ3) is 2.19. The summed E-state index contributed by atoms with van der Waals surface area (Å²) in [6, 6.07) is 10.5. The summed E-state index contributed by atoms with van der Waals surface area (Å²) < 4.78 is 5.94. The van der Waals surface area contributed by atoms with E-state index in [9.17, 15) is 0 Å². The van der Waals surface area contributed by atoms with E-state index in [1.807, 2.05) is 24.3 Å². The van der Waals surface area contributed by atoms with Gasteiger partial charge in [-0.25, -0.2) is 0 Å². The first-order valence-electron chi connectivity index (χ1n) is 7.67. The molecular formula is C17H22N2O. The molecule has 1 aromatic rings. The summed E-state index contributed by atoms with van der Waals surface area (Å²) in [5.41, 5.74) is 2.19. The fourth-order valence-corrected chi connectivity index (χ4v) is 3.93. The fourth-order valence-electron chi connectivity index (χ4n) is 3.93. The molecule has 0 radical (unpaired) electrons. The minimum absolute atomic E-state index is 0.351. The Bertz CT molecular complexity index is 497. The Morgan fingerprint density at radius 3 is 2.60 bits per heavy atom. The number of anilines is 1. The molecule has 2 atom stereocenters. The van der Waals surface area contributed by atoms with Crippen LogP contribution in [0.4, 0.5) is 5.69 Å². The van der Waals surface area contributed by atoms with Crippen LogP contribution in [0.25, 0.3) is 0 Å². The van der Waals surface area contributed by atoms with Gasteiger partial charge in [0.25, 0.3) is 0 Å². The lowest BCUT2D eigenvalue weighted by Gasteiger charge is -2.54. The van der Waals surface area contributed by atoms with E-state index in [-0.39, 0.29) is 0 Å². The number of rotatable bonds is 4. The van der Waals surface area contributed by atoms with Crippen molar-refractivity contribution < 1.29 is 4.74 Å². The summed E-state index contributed by atoms with van der Waals surface area (Å²) in [7, 11) is 0. The predicted molar refractivity (Wildman–Crippen MR) is 79.5 cm³/mol.